The number of carbonyl (C=O) groups is 1. The summed E-state index contributed by atoms with van der Waals surface area (Å²) in [7, 11) is 0. The summed E-state index contributed by atoms with van der Waals surface area (Å²) in [6.45, 7) is 3.51. The minimum atomic E-state index is -0.628. The molecule has 0 atom stereocenters. The van der Waals surface area contributed by atoms with Crippen molar-refractivity contribution < 1.29 is 4.79 Å². The second-order valence-corrected chi connectivity index (χ2v) is 3.36. The number of primary amides is 1. The smallest absolute Gasteiger partial charge is 0.256 e. The molecule has 0 aliphatic carbocycles. The fourth-order valence-electron chi connectivity index (χ4n) is 1.72. The van der Waals surface area contributed by atoms with Gasteiger partial charge in [0.05, 0.1) is 11.1 Å². The van der Waals surface area contributed by atoms with Crippen LogP contribution in [0.2, 0.25) is 0 Å². The Balaban J connectivity index is 3.04. The van der Waals surface area contributed by atoms with Gasteiger partial charge in [-0.2, -0.15) is 0 Å². The highest BCUT2D eigenvalue weighted by Gasteiger charge is 2.13. The quantitative estimate of drug-likeness (QED) is 0.789. The van der Waals surface area contributed by atoms with Crippen molar-refractivity contribution in [3.05, 3.63) is 52.3 Å². The van der Waals surface area contributed by atoms with Crippen molar-refractivity contribution in [2.24, 2.45) is 5.73 Å². The summed E-state index contributed by atoms with van der Waals surface area (Å²) in [5.41, 5.74) is 5.95. The Morgan fingerprint density at radius 3 is 2.69 bits per heavy atom. The maximum Gasteiger partial charge on any atom is 0.256 e. The maximum absolute atomic E-state index is 11.7. The first-order chi connectivity index (χ1) is 7.65. The summed E-state index contributed by atoms with van der Waals surface area (Å²) in [5, 5.41) is 0.629. The lowest BCUT2D eigenvalue weighted by atomic mass is 10.0. The highest BCUT2D eigenvalue weighted by molar-refractivity contribution is 6.08. The van der Waals surface area contributed by atoms with Gasteiger partial charge in [-0.3, -0.25) is 9.59 Å². The van der Waals surface area contributed by atoms with E-state index in [4.69, 9.17) is 5.73 Å². The van der Waals surface area contributed by atoms with Crippen LogP contribution < -0.4 is 11.3 Å². The molecule has 4 heteroatoms. The molecule has 0 aliphatic rings. The van der Waals surface area contributed by atoms with Gasteiger partial charge >= 0.3 is 0 Å². The lowest BCUT2D eigenvalue weighted by molar-refractivity contribution is 0.100. The first-order valence-corrected chi connectivity index (χ1v) is 4.72. The summed E-state index contributed by atoms with van der Waals surface area (Å²) < 4.78 is 0. The zero-order chi connectivity index (χ0) is 11.7. The molecule has 0 fully saturated rings. The lowest BCUT2D eigenvalue weighted by Gasteiger charge is -2.06. The van der Waals surface area contributed by atoms with Gasteiger partial charge in [-0.1, -0.05) is 30.9 Å². The monoisotopic (exact) mass is 214 g/mol. The second-order valence-electron chi connectivity index (χ2n) is 3.36. The van der Waals surface area contributed by atoms with E-state index in [2.05, 4.69) is 11.6 Å². The Kier molecular flexibility index (Phi) is 2.32. The molecular weight excluding hydrogens is 204 g/mol. The number of pyridine rings is 1. The van der Waals surface area contributed by atoms with Crippen LogP contribution in [0.4, 0.5) is 0 Å². The summed E-state index contributed by atoms with van der Waals surface area (Å²) in [4.78, 5) is 25.7. The lowest BCUT2D eigenvalue weighted by Crippen LogP contribution is -2.20. The first kappa shape index (κ1) is 10.2. The minimum absolute atomic E-state index is 0.214. The molecular formula is C12H10N2O2. The third-order valence-electron chi connectivity index (χ3n) is 2.41. The van der Waals surface area contributed by atoms with Crippen LogP contribution in [-0.2, 0) is 0 Å². The van der Waals surface area contributed by atoms with Gasteiger partial charge in [-0.15, -0.1) is 0 Å². The van der Waals surface area contributed by atoms with E-state index < -0.39 is 5.91 Å². The molecule has 2 rings (SSSR count). The predicted molar refractivity (Wildman–Crippen MR) is 63.2 cm³/mol. The predicted octanol–water partition coefficient (Wildman–Crippen LogP) is 1.27. The van der Waals surface area contributed by atoms with Crippen molar-refractivity contribution in [3.8, 4) is 0 Å². The van der Waals surface area contributed by atoms with Gasteiger partial charge in [0.1, 0.15) is 0 Å². The van der Waals surface area contributed by atoms with Gasteiger partial charge in [0.15, 0.2) is 0 Å². The molecule has 0 spiro atoms. The highest BCUT2D eigenvalue weighted by Crippen LogP contribution is 2.17. The molecule has 0 unspecified atom stereocenters. The number of fused-ring (bicyclic) bond motifs is 1. The molecule has 1 aromatic heterocycles. The number of amides is 1. The molecule has 0 bridgehead atoms. The number of aromatic amines is 1. The van der Waals surface area contributed by atoms with Crippen molar-refractivity contribution in [1.82, 2.24) is 4.98 Å². The summed E-state index contributed by atoms with van der Waals surface area (Å²) in [6.07, 6.45) is 1.34. The van der Waals surface area contributed by atoms with Crippen LogP contribution in [-0.4, -0.2) is 10.9 Å². The Bertz CT molecular complexity index is 641. The van der Waals surface area contributed by atoms with Crippen molar-refractivity contribution >= 4 is 22.9 Å². The normalized spacial score (nSPS) is 10.2. The number of rotatable bonds is 2. The van der Waals surface area contributed by atoms with Crippen LogP contribution >= 0.6 is 0 Å². The molecule has 4 nitrogen and oxygen atoms in total. The van der Waals surface area contributed by atoms with Gasteiger partial charge in [-0.25, -0.2) is 0 Å². The summed E-state index contributed by atoms with van der Waals surface area (Å²) in [5.74, 6) is -0.628. The van der Waals surface area contributed by atoms with E-state index in [-0.39, 0.29) is 16.7 Å². The van der Waals surface area contributed by atoms with Gasteiger partial charge < -0.3 is 10.7 Å². The molecule has 80 valence electrons. The van der Waals surface area contributed by atoms with E-state index in [9.17, 15) is 9.59 Å². The molecule has 1 aromatic carbocycles. The van der Waals surface area contributed by atoms with Crippen molar-refractivity contribution in [3.63, 3.8) is 0 Å². The number of benzene rings is 1. The Labute approximate surface area is 91.4 Å². The topological polar surface area (TPSA) is 76.0 Å². The average molecular weight is 214 g/mol. The number of carbonyl (C=O) groups excluding carboxylic acids is 1. The summed E-state index contributed by atoms with van der Waals surface area (Å²) in [6, 6.07) is 7.00. The molecule has 0 aliphatic heterocycles. The number of H-pyrrole nitrogens is 1. The number of hydrogen-bond acceptors (Lipinski definition) is 2. The zero-order valence-electron chi connectivity index (χ0n) is 8.49. The molecule has 16 heavy (non-hydrogen) atoms. The number of aromatic nitrogens is 1. The van der Waals surface area contributed by atoms with Crippen LogP contribution in [0.25, 0.3) is 17.0 Å². The van der Waals surface area contributed by atoms with E-state index >= 15 is 0 Å². The molecule has 1 amide bonds. The largest absolute Gasteiger partial charge is 0.366 e. The van der Waals surface area contributed by atoms with Gasteiger partial charge in [0, 0.05) is 10.9 Å². The third kappa shape index (κ3) is 1.40. The fraction of sp³-hybridized carbons (Fsp3) is 0. The van der Waals surface area contributed by atoms with E-state index in [1.165, 1.54) is 6.08 Å². The number of nitrogens with two attached hydrogens (primary N) is 1. The van der Waals surface area contributed by atoms with Gasteiger partial charge in [0.2, 0.25) is 5.91 Å². The van der Waals surface area contributed by atoms with E-state index in [1.54, 1.807) is 24.3 Å². The Morgan fingerprint density at radius 2 is 2.06 bits per heavy atom. The maximum atomic E-state index is 11.7. The fourth-order valence-corrected chi connectivity index (χ4v) is 1.72. The van der Waals surface area contributed by atoms with Crippen LogP contribution in [0.3, 0.4) is 0 Å². The molecule has 1 heterocycles. The Hall–Kier alpha value is -2.36. The molecule has 0 saturated heterocycles. The SMILES string of the molecule is C=Cc1c(C(N)=O)c2ccccc2[nH]c1=O. The average Bonchev–Trinajstić information content (AvgIpc) is 2.26. The number of hydrogen-bond donors (Lipinski definition) is 2. The van der Waals surface area contributed by atoms with Gasteiger partial charge in [0.25, 0.3) is 5.56 Å². The van der Waals surface area contributed by atoms with E-state index in [0.29, 0.717) is 10.9 Å². The first-order valence-electron chi connectivity index (χ1n) is 4.72. The van der Waals surface area contributed by atoms with E-state index in [1.807, 2.05) is 0 Å². The highest BCUT2D eigenvalue weighted by atomic mass is 16.1. The summed E-state index contributed by atoms with van der Waals surface area (Å²) >= 11 is 0. The number of para-hydroxylation sites is 1. The standard InChI is InChI=1S/C12H10N2O2/c1-2-7-10(11(13)15)8-5-3-4-6-9(8)14-12(7)16/h2-6H,1H2,(H2,13,15)(H,14,16). The van der Waals surface area contributed by atoms with Crippen molar-refractivity contribution in [1.29, 1.82) is 0 Å². The molecule has 2 aromatic rings. The van der Waals surface area contributed by atoms with Crippen molar-refractivity contribution in [2.75, 3.05) is 0 Å². The third-order valence-corrected chi connectivity index (χ3v) is 2.41. The van der Waals surface area contributed by atoms with Crippen LogP contribution in [0.5, 0.6) is 0 Å². The van der Waals surface area contributed by atoms with E-state index in [0.717, 1.165) is 0 Å². The van der Waals surface area contributed by atoms with Crippen LogP contribution in [0, 0.1) is 0 Å². The zero-order valence-corrected chi connectivity index (χ0v) is 8.49. The van der Waals surface area contributed by atoms with Gasteiger partial charge in [-0.05, 0) is 6.07 Å². The van der Waals surface area contributed by atoms with Crippen molar-refractivity contribution in [2.45, 2.75) is 0 Å². The number of nitrogens with one attached hydrogen (secondary N) is 1. The Morgan fingerprint density at radius 1 is 1.38 bits per heavy atom. The van der Waals surface area contributed by atoms with Crippen LogP contribution in [0.15, 0.2) is 35.6 Å². The molecule has 3 N–H and O–H groups in total. The second kappa shape index (κ2) is 3.66. The molecule has 0 radical (unpaired) electrons. The van der Waals surface area contributed by atoms with Crippen LogP contribution in [0.1, 0.15) is 15.9 Å². The molecule has 0 saturated carbocycles. The minimum Gasteiger partial charge on any atom is -0.366 e.